The molecule has 1 N–H and O–H groups in total. The standard InChI is InChI=1S/C18H22N2O5S/c1-14(15-7-4-3-5-8-15)25-12-6-11-19-17-10-9-16(26(2,23)24)13-18(17)20(21)22/h3-5,7-10,13-14,19H,6,11-12H2,1-2H3. The van der Waals surface area contributed by atoms with Crippen LogP contribution in [-0.4, -0.2) is 32.7 Å². The molecule has 1 unspecified atom stereocenters. The number of hydrogen-bond donors (Lipinski definition) is 1. The van der Waals surface area contributed by atoms with Gasteiger partial charge in [0, 0.05) is 25.5 Å². The quantitative estimate of drug-likeness (QED) is 0.407. The van der Waals surface area contributed by atoms with Crippen molar-refractivity contribution >= 4 is 21.2 Å². The van der Waals surface area contributed by atoms with E-state index in [2.05, 4.69) is 5.32 Å². The van der Waals surface area contributed by atoms with Crippen molar-refractivity contribution in [1.29, 1.82) is 0 Å². The average molecular weight is 378 g/mol. The van der Waals surface area contributed by atoms with E-state index in [4.69, 9.17) is 4.74 Å². The molecule has 0 heterocycles. The number of nitro groups is 1. The third kappa shape index (κ3) is 5.53. The molecule has 0 saturated heterocycles. The van der Waals surface area contributed by atoms with Crippen LogP contribution in [0.1, 0.15) is 25.0 Å². The van der Waals surface area contributed by atoms with Crippen LogP contribution < -0.4 is 5.32 Å². The van der Waals surface area contributed by atoms with Gasteiger partial charge in [-0.2, -0.15) is 0 Å². The molecule has 7 nitrogen and oxygen atoms in total. The van der Waals surface area contributed by atoms with Crippen molar-refractivity contribution < 1.29 is 18.1 Å². The first kappa shape index (κ1) is 19.9. The van der Waals surface area contributed by atoms with Crippen LogP contribution in [0.2, 0.25) is 0 Å². The van der Waals surface area contributed by atoms with Crippen LogP contribution >= 0.6 is 0 Å². The van der Waals surface area contributed by atoms with E-state index in [-0.39, 0.29) is 16.7 Å². The van der Waals surface area contributed by atoms with Crippen molar-refractivity contribution in [3.8, 4) is 0 Å². The lowest BCUT2D eigenvalue weighted by Gasteiger charge is -2.14. The molecule has 2 aromatic carbocycles. The average Bonchev–Trinajstić information content (AvgIpc) is 2.61. The van der Waals surface area contributed by atoms with Crippen LogP contribution in [0.5, 0.6) is 0 Å². The Labute approximate surface area is 153 Å². The molecule has 0 bridgehead atoms. The van der Waals surface area contributed by atoms with Crippen LogP contribution in [0.3, 0.4) is 0 Å². The maximum Gasteiger partial charge on any atom is 0.293 e. The first-order valence-corrected chi connectivity index (χ1v) is 10.1. The van der Waals surface area contributed by atoms with E-state index in [1.165, 1.54) is 12.1 Å². The third-order valence-electron chi connectivity index (χ3n) is 3.87. The summed E-state index contributed by atoms with van der Waals surface area (Å²) in [6.07, 6.45) is 1.65. The van der Waals surface area contributed by atoms with Gasteiger partial charge in [0.25, 0.3) is 5.69 Å². The van der Waals surface area contributed by atoms with Crippen molar-refractivity contribution in [2.75, 3.05) is 24.7 Å². The number of rotatable bonds is 9. The number of anilines is 1. The maximum atomic E-state index is 11.5. The summed E-state index contributed by atoms with van der Waals surface area (Å²) in [5.41, 5.74) is 1.12. The molecule has 0 aromatic heterocycles. The normalized spacial score (nSPS) is 12.5. The predicted molar refractivity (Wildman–Crippen MR) is 100 cm³/mol. The summed E-state index contributed by atoms with van der Waals surface area (Å²) < 4.78 is 28.8. The molecule has 0 radical (unpaired) electrons. The summed E-state index contributed by atoms with van der Waals surface area (Å²) in [4.78, 5) is 10.5. The molecule has 0 spiro atoms. The van der Waals surface area contributed by atoms with E-state index in [1.54, 1.807) is 0 Å². The molecule has 0 aliphatic heterocycles. The van der Waals surface area contributed by atoms with Gasteiger partial charge in [0.2, 0.25) is 0 Å². The SMILES string of the molecule is CC(OCCCNc1ccc(S(C)(=O)=O)cc1[N+](=O)[O-])c1ccccc1. The minimum Gasteiger partial charge on any atom is -0.379 e. The monoisotopic (exact) mass is 378 g/mol. The number of ether oxygens (including phenoxy) is 1. The lowest BCUT2D eigenvalue weighted by Crippen LogP contribution is -2.09. The van der Waals surface area contributed by atoms with Crippen molar-refractivity contribution in [2.24, 2.45) is 0 Å². The van der Waals surface area contributed by atoms with Crippen molar-refractivity contribution in [3.05, 3.63) is 64.2 Å². The Morgan fingerprint density at radius 3 is 2.50 bits per heavy atom. The molecule has 1 atom stereocenters. The fourth-order valence-corrected chi connectivity index (χ4v) is 3.06. The second-order valence-corrected chi connectivity index (χ2v) is 7.93. The highest BCUT2D eigenvalue weighted by molar-refractivity contribution is 7.90. The highest BCUT2D eigenvalue weighted by Gasteiger charge is 2.18. The molecule has 0 aliphatic carbocycles. The minimum absolute atomic E-state index is 0.0282. The number of sulfone groups is 1. The van der Waals surface area contributed by atoms with Crippen LogP contribution in [0.25, 0.3) is 0 Å². The molecular weight excluding hydrogens is 356 g/mol. The molecule has 0 saturated carbocycles. The summed E-state index contributed by atoms with van der Waals surface area (Å²) in [5.74, 6) is 0. The van der Waals surface area contributed by atoms with Gasteiger partial charge in [-0.05, 0) is 31.0 Å². The zero-order valence-corrected chi connectivity index (χ0v) is 15.5. The minimum atomic E-state index is -3.49. The predicted octanol–water partition coefficient (Wildman–Crippen LogP) is 3.58. The van der Waals surface area contributed by atoms with E-state index in [1.807, 2.05) is 37.3 Å². The lowest BCUT2D eigenvalue weighted by molar-refractivity contribution is -0.384. The van der Waals surface area contributed by atoms with E-state index >= 15 is 0 Å². The Morgan fingerprint density at radius 1 is 1.19 bits per heavy atom. The van der Waals surface area contributed by atoms with Crippen molar-refractivity contribution in [3.63, 3.8) is 0 Å². The zero-order valence-electron chi connectivity index (χ0n) is 14.7. The van der Waals surface area contributed by atoms with Gasteiger partial charge >= 0.3 is 0 Å². The first-order valence-electron chi connectivity index (χ1n) is 8.18. The van der Waals surface area contributed by atoms with Crippen LogP contribution in [0.4, 0.5) is 11.4 Å². The molecule has 0 fully saturated rings. The van der Waals surface area contributed by atoms with Gasteiger partial charge in [-0.25, -0.2) is 8.42 Å². The third-order valence-corrected chi connectivity index (χ3v) is 4.98. The fourth-order valence-electron chi connectivity index (χ4n) is 2.42. The Balaban J connectivity index is 1.88. The molecule has 0 aliphatic rings. The number of nitrogens with one attached hydrogen (secondary N) is 1. The number of benzene rings is 2. The number of nitro benzene ring substituents is 1. The van der Waals surface area contributed by atoms with Crippen molar-refractivity contribution in [1.82, 2.24) is 0 Å². The van der Waals surface area contributed by atoms with Gasteiger partial charge in [-0.3, -0.25) is 10.1 Å². The maximum absolute atomic E-state index is 11.5. The smallest absolute Gasteiger partial charge is 0.293 e. The topological polar surface area (TPSA) is 98.5 Å². The largest absolute Gasteiger partial charge is 0.379 e. The lowest BCUT2D eigenvalue weighted by atomic mass is 10.1. The van der Waals surface area contributed by atoms with Gasteiger partial charge in [-0.15, -0.1) is 0 Å². The van der Waals surface area contributed by atoms with Gasteiger partial charge in [0.15, 0.2) is 9.84 Å². The Hall–Kier alpha value is -2.45. The van der Waals surface area contributed by atoms with Crippen molar-refractivity contribution in [2.45, 2.75) is 24.3 Å². The van der Waals surface area contributed by atoms with E-state index in [9.17, 15) is 18.5 Å². The molecule has 0 amide bonds. The second kappa shape index (κ2) is 8.77. The van der Waals surface area contributed by atoms with Gasteiger partial charge in [-0.1, -0.05) is 30.3 Å². The van der Waals surface area contributed by atoms with Crippen LogP contribution in [0, 0.1) is 10.1 Å². The van der Waals surface area contributed by atoms with Gasteiger partial charge in [0.05, 0.1) is 15.9 Å². The number of nitrogens with zero attached hydrogens (tertiary/aromatic N) is 1. The molecule has 26 heavy (non-hydrogen) atoms. The molecule has 2 aromatic rings. The molecule has 8 heteroatoms. The van der Waals surface area contributed by atoms with E-state index in [0.29, 0.717) is 25.3 Å². The Kier molecular flexibility index (Phi) is 6.70. The molecule has 140 valence electrons. The summed E-state index contributed by atoms with van der Waals surface area (Å²) in [5, 5.41) is 14.2. The van der Waals surface area contributed by atoms with Gasteiger partial charge < -0.3 is 10.1 Å². The highest BCUT2D eigenvalue weighted by Crippen LogP contribution is 2.27. The summed E-state index contributed by atoms with van der Waals surface area (Å²) in [6.45, 7) is 2.94. The van der Waals surface area contributed by atoms with Gasteiger partial charge in [0.1, 0.15) is 5.69 Å². The van der Waals surface area contributed by atoms with E-state index < -0.39 is 14.8 Å². The van der Waals surface area contributed by atoms with Crippen LogP contribution in [-0.2, 0) is 14.6 Å². The fraction of sp³-hybridized carbons (Fsp3) is 0.333. The Bertz CT molecular complexity index is 853. The van der Waals surface area contributed by atoms with Crippen LogP contribution in [0.15, 0.2) is 53.4 Å². The highest BCUT2D eigenvalue weighted by atomic mass is 32.2. The Morgan fingerprint density at radius 2 is 1.88 bits per heavy atom. The molecule has 2 rings (SSSR count). The number of hydrogen-bond acceptors (Lipinski definition) is 6. The van der Waals surface area contributed by atoms with E-state index in [0.717, 1.165) is 17.9 Å². The first-order chi connectivity index (χ1) is 12.3. The summed E-state index contributed by atoms with van der Waals surface area (Å²) in [7, 11) is -3.49. The summed E-state index contributed by atoms with van der Waals surface area (Å²) in [6, 6.07) is 13.7. The summed E-state index contributed by atoms with van der Waals surface area (Å²) >= 11 is 0. The molecular formula is C18H22N2O5S. The zero-order chi connectivity index (χ0) is 19.2. The second-order valence-electron chi connectivity index (χ2n) is 5.91.